The number of hydrogen-bond acceptors (Lipinski definition) is 4. The van der Waals surface area contributed by atoms with Crippen molar-refractivity contribution < 1.29 is 13.2 Å². The van der Waals surface area contributed by atoms with Crippen molar-refractivity contribution in [1.82, 2.24) is 4.72 Å². The third-order valence-electron chi connectivity index (χ3n) is 2.44. The topological polar surface area (TPSA) is 101 Å². The Bertz CT molecular complexity index is 569. The van der Waals surface area contributed by atoms with E-state index in [-0.39, 0.29) is 10.8 Å². The molecule has 1 amide bonds. The molecule has 0 fully saturated rings. The molecule has 0 aliphatic carbocycles. The fourth-order valence-electron chi connectivity index (χ4n) is 1.38. The molecule has 104 valence electrons. The summed E-state index contributed by atoms with van der Waals surface area (Å²) in [7, 11) is -2.22. The van der Waals surface area contributed by atoms with Crippen LogP contribution in [0.4, 0.5) is 5.69 Å². The third kappa shape index (κ3) is 4.16. The van der Waals surface area contributed by atoms with Crippen LogP contribution in [0.2, 0.25) is 0 Å². The highest BCUT2D eigenvalue weighted by molar-refractivity contribution is 7.89. The van der Waals surface area contributed by atoms with E-state index in [9.17, 15) is 13.2 Å². The number of carbonyl (C=O) groups excluding carboxylic acids is 1. The lowest BCUT2D eigenvalue weighted by Gasteiger charge is -2.11. The molecule has 1 aromatic carbocycles. The molecule has 0 aliphatic heterocycles. The Morgan fingerprint density at radius 2 is 2.21 bits per heavy atom. The van der Waals surface area contributed by atoms with Crippen molar-refractivity contribution in [2.45, 2.75) is 17.4 Å². The zero-order valence-electron chi connectivity index (χ0n) is 10.6. The van der Waals surface area contributed by atoms with E-state index in [2.05, 4.69) is 16.6 Å². The molecule has 7 heteroatoms. The Morgan fingerprint density at radius 3 is 2.79 bits per heavy atom. The summed E-state index contributed by atoms with van der Waals surface area (Å²) in [6.07, 6.45) is 1.90. The first-order valence-corrected chi connectivity index (χ1v) is 7.10. The maximum atomic E-state index is 11.7. The zero-order valence-corrected chi connectivity index (χ0v) is 11.4. The number of benzene rings is 1. The van der Waals surface area contributed by atoms with Crippen LogP contribution in [-0.4, -0.2) is 27.4 Å². The van der Waals surface area contributed by atoms with Gasteiger partial charge in [-0.15, -0.1) is 6.58 Å². The Kier molecular flexibility index (Phi) is 5.22. The minimum atomic E-state index is -3.54. The molecule has 6 nitrogen and oxygen atoms in total. The molecule has 0 aliphatic rings. The number of nitrogens with two attached hydrogens (primary N) is 1. The minimum Gasteiger partial charge on any atom is -0.325 e. The minimum absolute atomic E-state index is 0.0742. The molecule has 0 heterocycles. The summed E-state index contributed by atoms with van der Waals surface area (Å²) >= 11 is 0. The van der Waals surface area contributed by atoms with E-state index in [0.717, 1.165) is 0 Å². The van der Waals surface area contributed by atoms with Gasteiger partial charge in [0, 0.05) is 5.69 Å². The predicted octanol–water partition coefficient (Wildman–Crippen LogP) is 0.437. The maximum Gasteiger partial charge on any atom is 0.241 e. The van der Waals surface area contributed by atoms with E-state index in [1.54, 1.807) is 18.2 Å². The second kappa shape index (κ2) is 6.46. The van der Waals surface area contributed by atoms with Gasteiger partial charge < -0.3 is 11.1 Å². The smallest absolute Gasteiger partial charge is 0.241 e. The van der Waals surface area contributed by atoms with Crippen molar-refractivity contribution >= 4 is 21.6 Å². The van der Waals surface area contributed by atoms with Crippen molar-refractivity contribution in [3.8, 4) is 0 Å². The lowest BCUT2D eigenvalue weighted by atomic mass is 10.2. The average Bonchev–Trinajstić information content (AvgIpc) is 2.39. The zero-order chi connectivity index (χ0) is 14.5. The Balaban J connectivity index is 2.89. The van der Waals surface area contributed by atoms with Crippen molar-refractivity contribution in [3.05, 3.63) is 36.9 Å². The van der Waals surface area contributed by atoms with Crippen molar-refractivity contribution in [2.24, 2.45) is 5.73 Å². The lowest BCUT2D eigenvalue weighted by molar-refractivity contribution is -0.117. The molecular weight excluding hydrogens is 266 g/mol. The summed E-state index contributed by atoms with van der Waals surface area (Å²) in [4.78, 5) is 11.8. The van der Waals surface area contributed by atoms with Gasteiger partial charge in [0.25, 0.3) is 0 Å². The molecule has 1 atom stereocenters. The van der Waals surface area contributed by atoms with Crippen LogP contribution in [0.15, 0.2) is 41.8 Å². The molecular formula is C12H17N3O3S. The molecule has 1 aromatic rings. The van der Waals surface area contributed by atoms with Crippen molar-refractivity contribution in [2.75, 3.05) is 12.4 Å². The van der Waals surface area contributed by atoms with E-state index in [0.29, 0.717) is 12.1 Å². The quantitative estimate of drug-likeness (QED) is 0.659. The second-order valence-corrected chi connectivity index (χ2v) is 5.74. The van der Waals surface area contributed by atoms with Gasteiger partial charge >= 0.3 is 0 Å². The summed E-state index contributed by atoms with van der Waals surface area (Å²) in [5.41, 5.74) is 5.99. The van der Waals surface area contributed by atoms with Crippen LogP contribution < -0.4 is 15.8 Å². The van der Waals surface area contributed by atoms with Crippen molar-refractivity contribution in [1.29, 1.82) is 0 Å². The highest BCUT2D eigenvalue weighted by Gasteiger charge is 2.14. The number of rotatable bonds is 6. The number of carbonyl (C=O) groups is 1. The SMILES string of the molecule is C=CCC(N)C(=O)Nc1cccc(S(=O)(=O)NC)c1. The molecule has 0 saturated heterocycles. The molecule has 0 spiro atoms. The molecule has 0 aromatic heterocycles. The molecule has 4 N–H and O–H groups in total. The van der Waals surface area contributed by atoms with Crippen LogP contribution in [0.5, 0.6) is 0 Å². The van der Waals surface area contributed by atoms with Crippen LogP contribution in [0, 0.1) is 0 Å². The van der Waals surface area contributed by atoms with Crippen LogP contribution in [0.1, 0.15) is 6.42 Å². The lowest BCUT2D eigenvalue weighted by Crippen LogP contribution is -2.35. The van der Waals surface area contributed by atoms with Gasteiger partial charge in [-0.1, -0.05) is 12.1 Å². The monoisotopic (exact) mass is 283 g/mol. The first-order valence-electron chi connectivity index (χ1n) is 5.61. The van der Waals surface area contributed by atoms with Gasteiger partial charge in [0.1, 0.15) is 0 Å². The molecule has 1 rings (SSSR count). The average molecular weight is 283 g/mol. The van der Waals surface area contributed by atoms with Gasteiger partial charge in [0.2, 0.25) is 15.9 Å². The van der Waals surface area contributed by atoms with Crippen LogP contribution in [0.25, 0.3) is 0 Å². The summed E-state index contributed by atoms with van der Waals surface area (Å²) in [6.45, 7) is 3.50. The second-order valence-electron chi connectivity index (χ2n) is 3.86. The molecule has 0 bridgehead atoms. The summed E-state index contributed by atoms with van der Waals surface area (Å²) in [5, 5.41) is 2.56. The van der Waals surface area contributed by atoms with E-state index in [1.807, 2.05) is 0 Å². The normalized spacial score (nSPS) is 12.7. The number of anilines is 1. The predicted molar refractivity (Wildman–Crippen MR) is 74.1 cm³/mol. The Morgan fingerprint density at radius 1 is 1.53 bits per heavy atom. The van der Waals surface area contributed by atoms with E-state index >= 15 is 0 Å². The standard InChI is InChI=1S/C12H17N3O3S/c1-3-5-11(13)12(16)15-9-6-4-7-10(8-9)19(17,18)14-2/h3-4,6-8,11,14H,1,5,13H2,2H3,(H,15,16). The Labute approximate surface area is 112 Å². The molecule has 0 radical (unpaired) electrons. The molecule has 1 unspecified atom stereocenters. The third-order valence-corrected chi connectivity index (χ3v) is 3.85. The van der Waals surface area contributed by atoms with Gasteiger partial charge in [-0.3, -0.25) is 4.79 Å². The molecule has 0 saturated carbocycles. The van der Waals surface area contributed by atoms with Gasteiger partial charge in [0.05, 0.1) is 10.9 Å². The summed E-state index contributed by atoms with van der Waals surface area (Å²) in [6, 6.07) is 5.23. The van der Waals surface area contributed by atoms with Gasteiger partial charge in [-0.05, 0) is 31.7 Å². The first kappa shape index (κ1) is 15.4. The highest BCUT2D eigenvalue weighted by atomic mass is 32.2. The van der Waals surface area contributed by atoms with Crippen LogP contribution in [0.3, 0.4) is 0 Å². The van der Waals surface area contributed by atoms with Gasteiger partial charge in [0.15, 0.2) is 0 Å². The molecule has 19 heavy (non-hydrogen) atoms. The number of hydrogen-bond donors (Lipinski definition) is 3. The summed E-state index contributed by atoms with van der Waals surface area (Å²) in [5.74, 6) is -0.390. The highest BCUT2D eigenvalue weighted by Crippen LogP contribution is 2.15. The van der Waals surface area contributed by atoms with Crippen molar-refractivity contribution in [3.63, 3.8) is 0 Å². The van der Waals surface area contributed by atoms with Crippen LogP contribution >= 0.6 is 0 Å². The summed E-state index contributed by atoms with van der Waals surface area (Å²) < 4.78 is 25.4. The number of sulfonamides is 1. The van der Waals surface area contributed by atoms with E-state index in [1.165, 1.54) is 19.2 Å². The van der Waals surface area contributed by atoms with Gasteiger partial charge in [-0.2, -0.15) is 0 Å². The van der Waals surface area contributed by atoms with E-state index < -0.39 is 16.1 Å². The van der Waals surface area contributed by atoms with Crippen LogP contribution in [-0.2, 0) is 14.8 Å². The van der Waals surface area contributed by atoms with Gasteiger partial charge in [-0.25, -0.2) is 13.1 Å². The fraction of sp³-hybridized carbons (Fsp3) is 0.250. The number of amides is 1. The first-order chi connectivity index (χ1) is 8.90. The fourth-order valence-corrected chi connectivity index (χ4v) is 2.16. The Hall–Kier alpha value is -1.70. The van der Waals surface area contributed by atoms with E-state index in [4.69, 9.17) is 5.73 Å². The maximum absolute atomic E-state index is 11.7. The largest absolute Gasteiger partial charge is 0.325 e. The number of nitrogens with one attached hydrogen (secondary N) is 2.